The van der Waals surface area contributed by atoms with Gasteiger partial charge in [0.05, 0.1) is 12.7 Å². The molecule has 1 atom stereocenters. The second-order valence-electron chi connectivity index (χ2n) is 8.14. The summed E-state index contributed by atoms with van der Waals surface area (Å²) < 4.78 is 14.0. The third kappa shape index (κ3) is 4.89. The Morgan fingerprint density at radius 1 is 1.08 bits per heavy atom. The molecule has 2 saturated carbocycles. The molecule has 4 aliphatic rings. The molecular weight excluding hydrogens is 425 g/mol. The Balaban J connectivity index is 0.000000272. The van der Waals surface area contributed by atoms with Gasteiger partial charge in [0.25, 0.3) is 0 Å². The summed E-state index contributed by atoms with van der Waals surface area (Å²) in [6, 6.07) is 8.43. The maximum absolute atomic E-state index is 6.39. The fourth-order valence-corrected chi connectivity index (χ4v) is 4.59. The Hall–Kier alpha value is -0.330. The van der Waals surface area contributed by atoms with Crippen LogP contribution in [0, 0.1) is 11.8 Å². The first kappa shape index (κ1) is 18.1. The predicted molar refractivity (Wildman–Crippen MR) is 110 cm³/mol. The number of alkyl halides is 1. The fourth-order valence-electron chi connectivity index (χ4n) is 3.71. The molecule has 0 bridgehead atoms. The number of nitrogens with one attached hydrogen (secondary N) is 1. The van der Waals surface area contributed by atoms with Gasteiger partial charge in [0.1, 0.15) is 11.4 Å². The van der Waals surface area contributed by atoms with E-state index in [2.05, 4.69) is 52.2 Å². The first-order valence-electron chi connectivity index (χ1n) is 9.94. The molecule has 0 amide bonds. The van der Waals surface area contributed by atoms with Gasteiger partial charge in [-0.1, -0.05) is 40.8 Å². The van der Waals surface area contributed by atoms with Crippen molar-refractivity contribution in [1.29, 1.82) is 0 Å². The zero-order chi connectivity index (χ0) is 17.1. The monoisotopic (exact) mass is 455 g/mol. The van der Waals surface area contributed by atoms with Crippen LogP contribution in [0.2, 0.25) is 0 Å². The Morgan fingerprint density at radius 3 is 2.44 bits per heavy atom. The number of fused-ring (bicyclic) bond motifs is 1. The molecule has 3 fully saturated rings. The average Bonchev–Trinajstić information content (AvgIpc) is 3.55. The van der Waals surface area contributed by atoms with E-state index in [4.69, 9.17) is 9.47 Å². The van der Waals surface area contributed by atoms with Crippen LogP contribution >= 0.6 is 22.6 Å². The van der Waals surface area contributed by atoms with Gasteiger partial charge in [-0.25, -0.2) is 0 Å². The Morgan fingerprint density at radius 2 is 1.80 bits per heavy atom. The molecule has 1 aromatic rings. The summed E-state index contributed by atoms with van der Waals surface area (Å²) in [4.78, 5) is 0. The van der Waals surface area contributed by atoms with Crippen LogP contribution in [0.25, 0.3) is 0 Å². The van der Waals surface area contributed by atoms with Crippen molar-refractivity contribution in [1.82, 2.24) is 5.32 Å². The fraction of sp³-hybridized carbons (Fsp3) is 0.714. The van der Waals surface area contributed by atoms with E-state index in [9.17, 15) is 0 Å². The van der Waals surface area contributed by atoms with E-state index in [-0.39, 0.29) is 11.7 Å². The molecule has 2 aliphatic heterocycles. The van der Waals surface area contributed by atoms with Gasteiger partial charge in [-0.3, -0.25) is 0 Å². The highest BCUT2D eigenvalue weighted by molar-refractivity contribution is 14.1. The smallest absolute Gasteiger partial charge is 0.125 e. The molecule has 1 spiro atoms. The number of hydrogen-bond donors (Lipinski definition) is 1. The van der Waals surface area contributed by atoms with Crippen molar-refractivity contribution < 1.29 is 9.47 Å². The lowest BCUT2D eigenvalue weighted by atomic mass is 9.82. The summed E-state index contributed by atoms with van der Waals surface area (Å²) in [5, 5.41) is 3.43. The van der Waals surface area contributed by atoms with Crippen molar-refractivity contribution >= 4 is 22.6 Å². The van der Waals surface area contributed by atoms with Crippen molar-refractivity contribution in [2.75, 3.05) is 24.1 Å². The molecule has 0 aromatic heterocycles. The Labute approximate surface area is 165 Å². The van der Waals surface area contributed by atoms with E-state index in [1.807, 2.05) is 0 Å². The molecule has 138 valence electrons. The summed E-state index contributed by atoms with van der Waals surface area (Å²) in [6.07, 6.45) is 9.11. The highest BCUT2D eigenvalue weighted by atomic mass is 127. The summed E-state index contributed by atoms with van der Waals surface area (Å²) in [5.41, 5.74) is 1.24. The zero-order valence-electron chi connectivity index (χ0n) is 15.0. The van der Waals surface area contributed by atoms with Gasteiger partial charge >= 0.3 is 0 Å². The highest BCUT2D eigenvalue weighted by Crippen LogP contribution is 2.45. The number of piperidine rings is 1. The van der Waals surface area contributed by atoms with E-state index < -0.39 is 0 Å². The minimum absolute atomic E-state index is 0.00613. The van der Waals surface area contributed by atoms with Crippen LogP contribution in [0.5, 0.6) is 5.75 Å². The molecule has 1 aromatic carbocycles. The molecule has 1 saturated heterocycles. The quantitative estimate of drug-likeness (QED) is 0.518. The van der Waals surface area contributed by atoms with Crippen LogP contribution in [0.1, 0.15) is 56.6 Å². The Bertz CT molecular complexity index is 565. The molecule has 4 heteroatoms. The minimum atomic E-state index is -0.00613. The molecule has 1 N–H and O–H groups in total. The maximum atomic E-state index is 6.39. The topological polar surface area (TPSA) is 30.5 Å². The van der Waals surface area contributed by atoms with E-state index in [0.717, 1.165) is 56.5 Å². The third-order valence-electron chi connectivity index (χ3n) is 5.81. The maximum Gasteiger partial charge on any atom is 0.125 e. The molecule has 3 nitrogen and oxygen atoms in total. The van der Waals surface area contributed by atoms with Crippen LogP contribution in [0.15, 0.2) is 24.3 Å². The summed E-state index contributed by atoms with van der Waals surface area (Å²) in [7, 11) is 0. The Kier molecular flexibility index (Phi) is 5.87. The second kappa shape index (κ2) is 8.13. The van der Waals surface area contributed by atoms with Crippen molar-refractivity contribution in [2.45, 2.75) is 56.7 Å². The molecule has 2 aliphatic carbocycles. The van der Waals surface area contributed by atoms with E-state index >= 15 is 0 Å². The zero-order valence-corrected chi connectivity index (χ0v) is 17.2. The van der Waals surface area contributed by atoms with Gasteiger partial charge in [-0.15, -0.1) is 0 Å². The van der Waals surface area contributed by atoms with Crippen molar-refractivity contribution in [3.63, 3.8) is 0 Å². The van der Waals surface area contributed by atoms with Gasteiger partial charge in [0.15, 0.2) is 0 Å². The van der Waals surface area contributed by atoms with Crippen LogP contribution in [-0.2, 0) is 4.74 Å². The van der Waals surface area contributed by atoms with E-state index in [0.29, 0.717) is 0 Å². The number of rotatable bonds is 4. The lowest BCUT2D eigenvalue weighted by Crippen LogP contribution is -2.49. The lowest BCUT2D eigenvalue weighted by Gasteiger charge is -2.44. The first-order valence-corrected chi connectivity index (χ1v) is 11.5. The van der Waals surface area contributed by atoms with Crippen molar-refractivity contribution in [3.05, 3.63) is 29.8 Å². The predicted octanol–water partition coefficient (Wildman–Crippen LogP) is 4.89. The van der Waals surface area contributed by atoms with Gasteiger partial charge in [-0.05, 0) is 69.5 Å². The SMILES string of the molecule is ICC1CC1.c1ccc2c(c1)OC1(CCNCC1)CC2OCC1CC1. The lowest BCUT2D eigenvalue weighted by molar-refractivity contribution is -0.0640. The number of halogens is 1. The van der Waals surface area contributed by atoms with E-state index in [1.165, 1.54) is 35.7 Å². The first-order chi connectivity index (χ1) is 12.3. The van der Waals surface area contributed by atoms with Gasteiger partial charge in [-0.2, -0.15) is 0 Å². The van der Waals surface area contributed by atoms with Gasteiger partial charge < -0.3 is 14.8 Å². The summed E-state index contributed by atoms with van der Waals surface area (Å²) in [6.45, 7) is 3.03. The van der Waals surface area contributed by atoms with Crippen LogP contribution in [-0.4, -0.2) is 29.7 Å². The van der Waals surface area contributed by atoms with Crippen LogP contribution in [0.4, 0.5) is 0 Å². The van der Waals surface area contributed by atoms with Crippen LogP contribution in [0.3, 0.4) is 0 Å². The van der Waals surface area contributed by atoms with Crippen molar-refractivity contribution in [3.8, 4) is 5.75 Å². The molecule has 1 unspecified atom stereocenters. The molecule has 5 rings (SSSR count). The second-order valence-corrected chi connectivity index (χ2v) is 9.02. The summed E-state index contributed by atoms with van der Waals surface area (Å²) in [5.74, 6) is 2.98. The third-order valence-corrected chi connectivity index (χ3v) is 7.06. The number of benzene rings is 1. The molecule has 25 heavy (non-hydrogen) atoms. The molecule has 2 heterocycles. The van der Waals surface area contributed by atoms with E-state index in [1.54, 1.807) is 0 Å². The van der Waals surface area contributed by atoms with Crippen LogP contribution < -0.4 is 10.1 Å². The van der Waals surface area contributed by atoms with Gasteiger partial charge in [0, 0.05) is 16.4 Å². The van der Waals surface area contributed by atoms with Gasteiger partial charge in [0.2, 0.25) is 0 Å². The highest BCUT2D eigenvalue weighted by Gasteiger charge is 2.42. The largest absolute Gasteiger partial charge is 0.487 e. The summed E-state index contributed by atoms with van der Waals surface area (Å²) >= 11 is 2.44. The number of hydrogen-bond acceptors (Lipinski definition) is 3. The number of ether oxygens (including phenoxy) is 2. The number of para-hydroxylation sites is 1. The minimum Gasteiger partial charge on any atom is -0.487 e. The molecular formula is C21H30INO2. The molecule has 0 radical (unpaired) electrons. The standard InChI is InChI=1S/C17H23NO2.C4H7I/c1-2-4-15-14(3-1)16(19-12-13-5-6-13)11-17(20-15)7-9-18-10-8-17;5-3-4-1-2-4/h1-4,13,16,18H,5-12H2;4H,1-3H2. The van der Waals surface area contributed by atoms with Crippen molar-refractivity contribution in [2.24, 2.45) is 11.8 Å². The normalized spacial score (nSPS) is 27.0. The average molecular weight is 455 g/mol.